The minimum atomic E-state index is 0.412. The van der Waals surface area contributed by atoms with E-state index in [1.54, 1.807) is 0 Å². The predicted molar refractivity (Wildman–Crippen MR) is 71.4 cm³/mol. The maximum absolute atomic E-state index is 6.14. The maximum atomic E-state index is 6.14. The van der Waals surface area contributed by atoms with Crippen molar-refractivity contribution in [2.75, 3.05) is 5.75 Å². The topological polar surface area (TPSA) is 26.0 Å². The summed E-state index contributed by atoms with van der Waals surface area (Å²) >= 11 is 2.12. The second kappa shape index (κ2) is 6.15. The summed E-state index contributed by atoms with van der Waals surface area (Å²) in [4.78, 5) is 0. The van der Waals surface area contributed by atoms with Gasteiger partial charge in [-0.15, -0.1) is 0 Å². The molecule has 0 bridgehead atoms. The van der Waals surface area contributed by atoms with E-state index >= 15 is 0 Å². The van der Waals surface area contributed by atoms with E-state index in [1.807, 2.05) is 0 Å². The van der Waals surface area contributed by atoms with Crippen molar-refractivity contribution in [1.29, 1.82) is 0 Å². The third-order valence-corrected chi connectivity index (χ3v) is 4.68. The molecule has 1 aliphatic carbocycles. The number of nitrogens with two attached hydrogens (primary N) is 1. The average molecular weight is 229 g/mol. The van der Waals surface area contributed by atoms with Gasteiger partial charge in [0.15, 0.2) is 0 Å². The molecule has 0 saturated heterocycles. The Balaban J connectivity index is 2.05. The third kappa shape index (κ3) is 6.47. The van der Waals surface area contributed by atoms with Gasteiger partial charge in [-0.3, -0.25) is 0 Å². The first-order valence-electron chi connectivity index (χ1n) is 6.34. The molecule has 0 spiro atoms. The van der Waals surface area contributed by atoms with Crippen LogP contribution in [0.1, 0.15) is 59.3 Å². The Kier molecular flexibility index (Phi) is 5.48. The highest BCUT2D eigenvalue weighted by atomic mass is 32.2. The lowest BCUT2D eigenvalue weighted by molar-refractivity contribution is 0.353. The zero-order valence-electron chi connectivity index (χ0n) is 10.6. The van der Waals surface area contributed by atoms with E-state index in [-0.39, 0.29) is 0 Å². The van der Waals surface area contributed by atoms with E-state index < -0.39 is 0 Å². The molecule has 0 aromatic heterocycles. The Morgan fingerprint density at radius 1 is 1.27 bits per heavy atom. The van der Waals surface area contributed by atoms with E-state index in [4.69, 9.17) is 5.73 Å². The number of rotatable bonds is 5. The van der Waals surface area contributed by atoms with Gasteiger partial charge in [-0.1, -0.05) is 33.6 Å². The largest absolute Gasteiger partial charge is 0.327 e. The number of hydrogen-bond acceptors (Lipinski definition) is 2. The van der Waals surface area contributed by atoms with E-state index in [2.05, 4.69) is 32.5 Å². The Labute approximate surface area is 99.6 Å². The van der Waals surface area contributed by atoms with Gasteiger partial charge in [0.1, 0.15) is 0 Å². The van der Waals surface area contributed by atoms with Crippen LogP contribution in [0.25, 0.3) is 0 Å². The zero-order chi connectivity index (χ0) is 11.3. The van der Waals surface area contributed by atoms with Gasteiger partial charge in [-0.05, 0) is 31.1 Å². The monoisotopic (exact) mass is 229 g/mol. The Morgan fingerprint density at radius 2 is 1.87 bits per heavy atom. The number of hydrogen-bond donors (Lipinski definition) is 1. The van der Waals surface area contributed by atoms with Crippen molar-refractivity contribution in [3.63, 3.8) is 0 Å². The Bertz CT molecular complexity index is 168. The van der Waals surface area contributed by atoms with Crippen molar-refractivity contribution >= 4 is 11.8 Å². The summed E-state index contributed by atoms with van der Waals surface area (Å²) in [6.07, 6.45) is 8.17. The van der Waals surface area contributed by atoms with Crippen molar-refractivity contribution in [3.8, 4) is 0 Å². The predicted octanol–water partition coefficient (Wildman–Crippen LogP) is 3.82. The molecule has 0 radical (unpaired) electrons. The molecular weight excluding hydrogens is 202 g/mol. The van der Waals surface area contributed by atoms with Crippen LogP contribution in [0.3, 0.4) is 0 Å². The molecule has 1 atom stereocenters. The standard InChI is InChI=1S/C13H27NS/c1-13(2,3)9-8-11(14)10-15-12-6-4-5-7-12/h11-12H,4-10,14H2,1-3H3. The van der Waals surface area contributed by atoms with Gasteiger partial charge >= 0.3 is 0 Å². The molecule has 1 unspecified atom stereocenters. The number of thioether (sulfide) groups is 1. The second-order valence-electron chi connectivity index (χ2n) is 6.10. The molecule has 0 aromatic carbocycles. The lowest BCUT2D eigenvalue weighted by atomic mass is 9.89. The fourth-order valence-electron chi connectivity index (χ4n) is 2.02. The highest BCUT2D eigenvalue weighted by Gasteiger charge is 2.17. The summed E-state index contributed by atoms with van der Waals surface area (Å²) in [7, 11) is 0. The molecule has 90 valence electrons. The summed E-state index contributed by atoms with van der Waals surface area (Å²) in [6, 6.07) is 0.412. The zero-order valence-corrected chi connectivity index (χ0v) is 11.4. The molecule has 1 saturated carbocycles. The molecule has 0 aliphatic heterocycles. The molecule has 2 heteroatoms. The fourth-order valence-corrected chi connectivity index (χ4v) is 3.37. The van der Waals surface area contributed by atoms with Crippen LogP contribution < -0.4 is 5.73 Å². The lowest BCUT2D eigenvalue weighted by Gasteiger charge is -2.21. The summed E-state index contributed by atoms with van der Waals surface area (Å²) in [5, 5.41) is 0.922. The van der Waals surface area contributed by atoms with Gasteiger partial charge in [0.05, 0.1) is 0 Å². The minimum absolute atomic E-state index is 0.412. The first-order chi connectivity index (χ1) is 6.97. The highest BCUT2D eigenvalue weighted by molar-refractivity contribution is 7.99. The molecule has 1 aliphatic rings. The molecule has 0 amide bonds. The second-order valence-corrected chi connectivity index (χ2v) is 7.43. The minimum Gasteiger partial charge on any atom is -0.327 e. The van der Waals surface area contributed by atoms with Crippen LogP contribution in [0.5, 0.6) is 0 Å². The van der Waals surface area contributed by atoms with Crippen LogP contribution in [0, 0.1) is 5.41 Å². The van der Waals surface area contributed by atoms with Crippen LogP contribution in [0.2, 0.25) is 0 Å². The Hall–Kier alpha value is 0.310. The molecule has 1 rings (SSSR count). The van der Waals surface area contributed by atoms with E-state index in [0.29, 0.717) is 11.5 Å². The van der Waals surface area contributed by atoms with E-state index in [9.17, 15) is 0 Å². The fraction of sp³-hybridized carbons (Fsp3) is 1.00. The van der Waals surface area contributed by atoms with Crippen LogP contribution in [-0.2, 0) is 0 Å². The van der Waals surface area contributed by atoms with Gasteiger partial charge in [0.2, 0.25) is 0 Å². The third-order valence-electron chi connectivity index (χ3n) is 3.11. The molecule has 2 N–H and O–H groups in total. The molecular formula is C13H27NS. The summed E-state index contributed by atoms with van der Waals surface area (Å²) < 4.78 is 0. The van der Waals surface area contributed by atoms with Gasteiger partial charge in [0.25, 0.3) is 0 Å². The van der Waals surface area contributed by atoms with Crippen molar-refractivity contribution in [3.05, 3.63) is 0 Å². The van der Waals surface area contributed by atoms with Crippen molar-refractivity contribution in [1.82, 2.24) is 0 Å². The SMILES string of the molecule is CC(C)(C)CCC(N)CSC1CCCC1. The first-order valence-corrected chi connectivity index (χ1v) is 7.39. The first kappa shape index (κ1) is 13.4. The average Bonchev–Trinajstić information content (AvgIpc) is 2.62. The summed E-state index contributed by atoms with van der Waals surface area (Å²) in [5.74, 6) is 1.17. The highest BCUT2D eigenvalue weighted by Crippen LogP contribution is 2.30. The lowest BCUT2D eigenvalue weighted by Crippen LogP contribution is -2.25. The summed E-state index contributed by atoms with van der Waals surface area (Å²) in [5.41, 5.74) is 6.58. The van der Waals surface area contributed by atoms with Crippen LogP contribution in [-0.4, -0.2) is 17.0 Å². The van der Waals surface area contributed by atoms with E-state index in [1.165, 1.54) is 44.3 Å². The quantitative estimate of drug-likeness (QED) is 0.775. The molecule has 0 aromatic rings. The molecule has 1 nitrogen and oxygen atoms in total. The smallest absolute Gasteiger partial charge is 0.0130 e. The van der Waals surface area contributed by atoms with Gasteiger partial charge < -0.3 is 5.73 Å². The maximum Gasteiger partial charge on any atom is 0.0130 e. The van der Waals surface area contributed by atoms with E-state index in [0.717, 1.165) is 5.25 Å². The molecule has 1 fully saturated rings. The molecule has 0 heterocycles. The van der Waals surface area contributed by atoms with Crippen molar-refractivity contribution in [2.45, 2.75) is 70.6 Å². The molecule has 15 heavy (non-hydrogen) atoms. The summed E-state index contributed by atoms with van der Waals surface area (Å²) in [6.45, 7) is 6.89. The van der Waals surface area contributed by atoms with Gasteiger partial charge in [0, 0.05) is 17.0 Å². The Morgan fingerprint density at radius 3 is 2.40 bits per heavy atom. The van der Waals surface area contributed by atoms with Crippen molar-refractivity contribution < 1.29 is 0 Å². The normalized spacial score (nSPS) is 20.8. The van der Waals surface area contributed by atoms with Crippen LogP contribution >= 0.6 is 11.8 Å². The van der Waals surface area contributed by atoms with Crippen molar-refractivity contribution in [2.24, 2.45) is 11.1 Å². The van der Waals surface area contributed by atoms with Gasteiger partial charge in [-0.25, -0.2) is 0 Å². The van der Waals surface area contributed by atoms with Crippen LogP contribution in [0.4, 0.5) is 0 Å². The van der Waals surface area contributed by atoms with Crippen LogP contribution in [0.15, 0.2) is 0 Å². The van der Waals surface area contributed by atoms with Gasteiger partial charge in [-0.2, -0.15) is 11.8 Å².